The lowest BCUT2D eigenvalue weighted by Gasteiger charge is -2.10. The van der Waals surface area contributed by atoms with Gasteiger partial charge < -0.3 is 5.32 Å². The average Bonchev–Trinajstić information content (AvgIpc) is 3.24. The zero-order valence-electron chi connectivity index (χ0n) is 12.0. The molecule has 0 spiro atoms. The second kappa shape index (κ2) is 6.66. The predicted molar refractivity (Wildman–Crippen MR) is 80.0 cm³/mol. The van der Waals surface area contributed by atoms with Gasteiger partial charge in [-0.3, -0.25) is 9.48 Å². The van der Waals surface area contributed by atoms with Crippen molar-refractivity contribution in [2.75, 3.05) is 0 Å². The molecule has 3 rings (SSSR count). The fraction of sp³-hybridized carbons (Fsp3) is 0.200. The first kappa shape index (κ1) is 14.0. The van der Waals surface area contributed by atoms with E-state index in [9.17, 15) is 4.79 Å². The molecule has 0 atom stereocenters. The van der Waals surface area contributed by atoms with Crippen LogP contribution in [-0.4, -0.2) is 30.7 Å². The number of hydrogen-bond acceptors (Lipinski definition) is 4. The van der Waals surface area contributed by atoms with Crippen LogP contribution < -0.4 is 5.32 Å². The average molecular weight is 296 g/mol. The van der Waals surface area contributed by atoms with Crippen LogP contribution in [0.4, 0.5) is 0 Å². The normalized spacial score (nSPS) is 10.5. The third kappa shape index (κ3) is 3.38. The van der Waals surface area contributed by atoms with Crippen molar-refractivity contribution >= 4 is 5.91 Å². The fourth-order valence-corrected chi connectivity index (χ4v) is 2.15. The van der Waals surface area contributed by atoms with Gasteiger partial charge in [0.15, 0.2) is 0 Å². The molecule has 2 aromatic heterocycles. The first-order chi connectivity index (χ1) is 10.8. The van der Waals surface area contributed by atoms with Gasteiger partial charge in [0.25, 0.3) is 0 Å². The summed E-state index contributed by atoms with van der Waals surface area (Å²) in [5.74, 6) is -0.0224. The van der Waals surface area contributed by atoms with Gasteiger partial charge in [-0.1, -0.05) is 23.4 Å². The van der Waals surface area contributed by atoms with Crippen molar-refractivity contribution in [1.82, 2.24) is 30.1 Å². The van der Waals surface area contributed by atoms with Crippen LogP contribution in [0.2, 0.25) is 0 Å². The minimum Gasteiger partial charge on any atom is -0.352 e. The Morgan fingerprint density at radius 2 is 2.05 bits per heavy atom. The Morgan fingerprint density at radius 3 is 2.82 bits per heavy atom. The molecular formula is C15H16N6O. The van der Waals surface area contributed by atoms with E-state index in [0.29, 0.717) is 19.5 Å². The van der Waals surface area contributed by atoms with Crippen LogP contribution >= 0.6 is 0 Å². The highest BCUT2D eigenvalue weighted by atomic mass is 16.1. The third-order valence-corrected chi connectivity index (χ3v) is 3.26. The second-order valence-corrected chi connectivity index (χ2v) is 4.77. The minimum absolute atomic E-state index is 0.0224. The molecule has 0 fully saturated rings. The Morgan fingerprint density at radius 1 is 1.14 bits per heavy atom. The molecule has 0 bridgehead atoms. The number of rotatable bonds is 6. The Kier molecular flexibility index (Phi) is 4.24. The maximum atomic E-state index is 11.9. The Bertz CT molecular complexity index is 720. The van der Waals surface area contributed by atoms with E-state index in [1.165, 1.54) is 0 Å². The summed E-state index contributed by atoms with van der Waals surface area (Å²) in [6.07, 6.45) is 7.31. The van der Waals surface area contributed by atoms with Gasteiger partial charge in [0, 0.05) is 31.6 Å². The van der Waals surface area contributed by atoms with Gasteiger partial charge in [-0.05, 0) is 17.7 Å². The fourth-order valence-electron chi connectivity index (χ4n) is 2.15. The number of para-hydroxylation sites is 1. The van der Waals surface area contributed by atoms with Crippen LogP contribution in [0.15, 0.2) is 55.1 Å². The summed E-state index contributed by atoms with van der Waals surface area (Å²) >= 11 is 0. The second-order valence-electron chi connectivity index (χ2n) is 4.77. The van der Waals surface area contributed by atoms with Gasteiger partial charge in [0.2, 0.25) is 5.91 Å². The van der Waals surface area contributed by atoms with Gasteiger partial charge >= 0.3 is 0 Å². The van der Waals surface area contributed by atoms with Gasteiger partial charge in [-0.25, -0.2) is 4.68 Å². The van der Waals surface area contributed by atoms with Gasteiger partial charge in [0.05, 0.1) is 18.4 Å². The molecular weight excluding hydrogens is 280 g/mol. The monoisotopic (exact) mass is 296 g/mol. The molecule has 0 saturated carbocycles. The zero-order valence-corrected chi connectivity index (χ0v) is 12.0. The van der Waals surface area contributed by atoms with E-state index in [0.717, 1.165) is 11.3 Å². The van der Waals surface area contributed by atoms with Crippen molar-refractivity contribution in [3.63, 3.8) is 0 Å². The maximum absolute atomic E-state index is 11.9. The molecule has 1 N–H and O–H groups in total. The Balaban J connectivity index is 1.58. The molecule has 7 heteroatoms. The van der Waals surface area contributed by atoms with E-state index in [2.05, 4.69) is 20.7 Å². The number of carbonyl (C=O) groups is 1. The molecule has 7 nitrogen and oxygen atoms in total. The van der Waals surface area contributed by atoms with Crippen molar-refractivity contribution in [2.45, 2.75) is 19.5 Å². The first-order valence-electron chi connectivity index (χ1n) is 7.01. The highest BCUT2D eigenvalue weighted by Gasteiger charge is 2.07. The molecule has 0 saturated heterocycles. The van der Waals surface area contributed by atoms with Crippen molar-refractivity contribution in [3.05, 3.63) is 60.7 Å². The summed E-state index contributed by atoms with van der Waals surface area (Å²) in [6.45, 7) is 0.985. The van der Waals surface area contributed by atoms with Gasteiger partial charge in [0.1, 0.15) is 0 Å². The molecule has 112 valence electrons. The molecule has 1 amide bonds. The largest absolute Gasteiger partial charge is 0.352 e. The van der Waals surface area contributed by atoms with Crippen LogP contribution in [0.5, 0.6) is 0 Å². The summed E-state index contributed by atoms with van der Waals surface area (Å²) in [6, 6.07) is 9.73. The summed E-state index contributed by atoms with van der Waals surface area (Å²) in [5, 5.41) is 14.7. The van der Waals surface area contributed by atoms with Crippen molar-refractivity contribution in [1.29, 1.82) is 0 Å². The first-order valence-corrected chi connectivity index (χ1v) is 7.01. The molecule has 0 aliphatic rings. The molecule has 2 heterocycles. The summed E-state index contributed by atoms with van der Waals surface area (Å²) < 4.78 is 3.42. The van der Waals surface area contributed by atoms with E-state index in [1.54, 1.807) is 28.0 Å². The Hall–Kier alpha value is -2.96. The number of nitrogens with zero attached hydrogens (tertiary/aromatic N) is 5. The number of nitrogens with one attached hydrogen (secondary N) is 1. The topological polar surface area (TPSA) is 77.6 Å². The van der Waals surface area contributed by atoms with Crippen LogP contribution in [-0.2, 0) is 17.9 Å². The molecule has 1 aromatic carbocycles. The highest BCUT2D eigenvalue weighted by Crippen LogP contribution is 2.13. The molecule has 0 unspecified atom stereocenters. The van der Waals surface area contributed by atoms with E-state index in [-0.39, 0.29) is 5.91 Å². The van der Waals surface area contributed by atoms with Gasteiger partial charge in [-0.15, -0.1) is 5.10 Å². The number of aromatic nitrogens is 5. The van der Waals surface area contributed by atoms with Crippen molar-refractivity contribution in [3.8, 4) is 5.69 Å². The minimum atomic E-state index is -0.0224. The third-order valence-electron chi connectivity index (χ3n) is 3.26. The summed E-state index contributed by atoms with van der Waals surface area (Å²) in [7, 11) is 0. The number of hydrogen-bond donors (Lipinski definition) is 1. The molecule has 0 aliphatic heterocycles. The lowest BCUT2D eigenvalue weighted by molar-refractivity contribution is -0.121. The number of amides is 1. The van der Waals surface area contributed by atoms with Crippen molar-refractivity contribution < 1.29 is 4.79 Å². The summed E-state index contributed by atoms with van der Waals surface area (Å²) in [5.41, 5.74) is 1.98. The molecule has 22 heavy (non-hydrogen) atoms. The lowest BCUT2D eigenvalue weighted by atomic mass is 10.1. The lowest BCUT2D eigenvalue weighted by Crippen LogP contribution is -2.24. The van der Waals surface area contributed by atoms with Crippen LogP contribution in [0.1, 0.15) is 12.0 Å². The smallest absolute Gasteiger partial charge is 0.222 e. The Labute approximate surface area is 127 Å². The molecule has 0 radical (unpaired) electrons. The SMILES string of the molecule is O=C(CCn1ccnn1)NCc1ccccc1-n1cccn1. The van der Waals surface area contributed by atoms with Crippen LogP contribution in [0.25, 0.3) is 5.69 Å². The van der Waals surface area contributed by atoms with E-state index in [4.69, 9.17) is 0 Å². The van der Waals surface area contributed by atoms with E-state index < -0.39 is 0 Å². The molecule has 3 aromatic rings. The van der Waals surface area contributed by atoms with Crippen molar-refractivity contribution in [2.24, 2.45) is 0 Å². The molecule has 0 aliphatic carbocycles. The highest BCUT2D eigenvalue weighted by molar-refractivity contribution is 5.75. The number of aryl methyl sites for hydroxylation is 1. The number of carbonyl (C=O) groups excluding carboxylic acids is 1. The zero-order chi connectivity index (χ0) is 15.2. The standard InChI is InChI=1S/C15H16N6O/c22-15(6-10-20-11-8-17-19-20)16-12-13-4-1-2-5-14(13)21-9-3-7-18-21/h1-5,7-9,11H,6,10,12H2,(H,16,22). The predicted octanol–water partition coefficient (Wildman–Crippen LogP) is 1.17. The van der Waals surface area contributed by atoms with Crippen LogP contribution in [0, 0.1) is 0 Å². The number of benzene rings is 1. The van der Waals surface area contributed by atoms with E-state index >= 15 is 0 Å². The van der Waals surface area contributed by atoms with Crippen LogP contribution in [0.3, 0.4) is 0 Å². The quantitative estimate of drug-likeness (QED) is 0.740. The maximum Gasteiger partial charge on any atom is 0.222 e. The van der Waals surface area contributed by atoms with Gasteiger partial charge in [-0.2, -0.15) is 5.10 Å². The summed E-state index contributed by atoms with van der Waals surface area (Å²) in [4.78, 5) is 11.9. The van der Waals surface area contributed by atoms with E-state index in [1.807, 2.05) is 36.5 Å².